The summed E-state index contributed by atoms with van der Waals surface area (Å²) in [6.07, 6.45) is 1.31. The van der Waals surface area contributed by atoms with Crippen molar-refractivity contribution in [2.45, 2.75) is 0 Å². The molecule has 0 saturated heterocycles. The van der Waals surface area contributed by atoms with Gasteiger partial charge in [-0.3, -0.25) is 14.4 Å². The standard InChI is InChI=1S/C29H20Cl2N4O5/c30-20-9-7-19(8-10-20)29(39)40-23-15-5-18(6-16-23)17-32-35-28(38)27(37)34-25-4-2-1-3-24(25)26(36)33-22-13-11-21(31)12-14-22/h1-17H,(H,33,36)(H,34,37)(H,35,38)/b32-17-. The average Bonchev–Trinajstić information content (AvgIpc) is 2.95. The first kappa shape index (κ1) is 28.0. The summed E-state index contributed by atoms with van der Waals surface area (Å²) in [4.78, 5) is 49.6. The summed E-state index contributed by atoms with van der Waals surface area (Å²) >= 11 is 11.7. The lowest BCUT2D eigenvalue weighted by molar-refractivity contribution is -0.136. The van der Waals surface area contributed by atoms with Crippen molar-refractivity contribution in [3.05, 3.63) is 124 Å². The first-order valence-corrected chi connectivity index (χ1v) is 12.4. The molecule has 0 aromatic heterocycles. The molecule has 4 aromatic rings. The van der Waals surface area contributed by atoms with Crippen molar-refractivity contribution in [3.63, 3.8) is 0 Å². The molecule has 4 aromatic carbocycles. The fraction of sp³-hybridized carbons (Fsp3) is 0. The number of halogens is 2. The zero-order valence-electron chi connectivity index (χ0n) is 20.6. The number of hydrogen-bond donors (Lipinski definition) is 3. The number of para-hydroxylation sites is 1. The van der Waals surface area contributed by atoms with Gasteiger partial charge in [-0.25, -0.2) is 10.2 Å². The van der Waals surface area contributed by atoms with E-state index in [0.29, 0.717) is 32.6 Å². The fourth-order valence-corrected chi connectivity index (χ4v) is 3.54. The van der Waals surface area contributed by atoms with Crippen molar-refractivity contribution < 1.29 is 23.9 Å². The third-order valence-corrected chi connectivity index (χ3v) is 5.78. The van der Waals surface area contributed by atoms with Gasteiger partial charge in [0.05, 0.1) is 23.0 Å². The van der Waals surface area contributed by atoms with E-state index in [4.69, 9.17) is 27.9 Å². The molecule has 0 bridgehead atoms. The first-order valence-electron chi connectivity index (χ1n) is 11.7. The van der Waals surface area contributed by atoms with Gasteiger partial charge < -0.3 is 15.4 Å². The van der Waals surface area contributed by atoms with E-state index >= 15 is 0 Å². The molecule has 0 saturated carbocycles. The van der Waals surface area contributed by atoms with Gasteiger partial charge in [-0.2, -0.15) is 5.10 Å². The number of carbonyl (C=O) groups is 4. The molecule has 0 atom stereocenters. The first-order chi connectivity index (χ1) is 19.3. The second-order valence-electron chi connectivity index (χ2n) is 8.13. The van der Waals surface area contributed by atoms with Gasteiger partial charge in [0.25, 0.3) is 5.91 Å². The predicted molar refractivity (Wildman–Crippen MR) is 153 cm³/mol. The van der Waals surface area contributed by atoms with Gasteiger partial charge in [0.2, 0.25) is 0 Å². The molecule has 3 amide bonds. The molecule has 0 fully saturated rings. The van der Waals surface area contributed by atoms with Gasteiger partial charge in [-0.15, -0.1) is 0 Å². The van der Waals surface area contributed by atoms with Crippen molar-refractivity contribution >= 4 is 64.5 Å². The highest BCUT2D eigenvalue weighted by molar-refractivity contribution is 6.40. The van der Waals surface area contributed by atoms with Crippen LogP contribution in [0.25, 0.3) is 0 Å². The zero-order chi connectivity index (χ0) is 28.5. The Labute approximate surface area is 238 Å². The highest BCUT2D eigenvalue weighted by Gasteiger charge is 2.18. The van der Waals surface area contributed by atoms with Crippen LogP contribution in [0.4, 0.5) is 11.4 Å². The minimum atomic E-state index is -1.04. The highest BCUT2D eigenvalue weighted by Crippen LogP contribution is 2.19. The summed E-state index contributed by atoms with van der Waals surface area (Å²) in [5.41, 5.74) is 3.84. The van der Waals surface area contributed by atoms with Crippen molar-refractivity contribution in [1.82, 2.24) is 5.43 Å². The van der Waals surface area contributed by atoms with E-state index < -0.39 is 23.7 Å². The Morgan fingerprint density at radius 3 is 2.00 bits per heavy atom. The van der Waals surface area contributed by atoms with Crippen LogP contribution < -0.4 is 20.8 Å². The SMILES string of the molecule is O=C(N/N=C\c1ccc(OC(=O)c2ccc(Cl)cc2)cc1)C(=O)Nc1ccccc1C(=O)Nc1ccc(Cl)cc1. The number of esters is 1. The molecular weight excluding hydrogens is 555 g/mol. The fourth-order valence-electron chi connectivity index (χ4n) is 3.29. The molecule has 11 heteroatoms. The van der Waals surface area contributed by atoms with Crippen LogP contribution in [0.3, 0.4) is 0 Å². The highest BCUT2D eigenvalue weighted by atomic mass is 35.5. The Balaban J connectivity index is 1.30. The number of carbonyl (C=O) groups excluding carboxylic acids is 4. The lowest BCUT2D eigenvalue weighted by Crippen LogP contribution is -2.33. The lowest BCUT2D eigenvalue weighted by Gasteiger charge is -2.11. The number of anilines is 2. The molecule has 9 nitrogen and oxygen atoms in total. The van der Waals surface area contributed by atoms with Gasteiger partial charge in [0.15, 0.2) is 0 Å². The van der Waals surface area contributed by atoms with Crippen LogP contribution in [0.1, 0.15) is 26.3 Å². The second-order valence-corrected chi connectivity index (χ2v) is 9.00. The number of hydrazone groups is 1. The van der Waals surface area contributed by atoms with Crippen molar-refractivity contribution in [1.29, 1.82) is 0 Å². The van der Waals surface area contributed by atoms with Crippen LogP contribution in [-0.2, 0) is 9.59 Å². The van der Waals surface area contributed by atoms with E-state index in [2.05, 4.69) is 21.2 Å². The third kappa shape index (κ3) is 7.76. The maximum atomic E-state index is 12.7. The van der Waals surface area contributed by atoms with Gasteiger partial charge in [0, 0.05) is 15.7 Å². The normalized spacial score (nSPS) is 10.6. The Morgan fingerprint density at radius 1 is 0.700 bits per heavy atom. The van der Waals surface area contributed by atoms with Crippen LogP contribution >= 0.6 is 23.2 Å². The minimum absolute atomic E-state index is 0.141. The Morgan fingerprint density at radius 2 is 1.32 bits per heavy atom. The van der Waals surface area contributed by atoms with E-state index in [0.717, 1.165) is 0 Å². The quantitative estimate of drug-likeness (QED) is 0.0876. The minimum Gasteiger partial charge on any atom is -0.423 e. The Hall–Kier alpha value is -4.99. The van der Waals surface area contributed by atoms with E-state index in [-0.39, 0.29) is 11.3 Å². The second kappa shape index (κ2) is 13.2. The molecule has 0 radical (unpaired) electrons. The van der Waals surface area contributed by atoms with Crippen LogP contribution in [0, 0.1) is 0 Å². The summed E-state index contributed by atoms with van der Waals surface area (Å²) < 4.78 is 5.31. The number of benzene rings is 4. The smallest absolute Gasteiger partial charge is 0.343 e. The Bertz CT molecular complexity index is 1570. The van der Waals surface area contributed by atoms with E-state index in [1.165, 1.54) is 18.3 Å². The van der Waals surface area contributed by atoms with Crippen LogP contribution in [0.5, 0.6) is 5.75 Å². The maximum Gasteiger partial charge on any atom is 0.343 e. The number of nitrogens with one attached hydrogen (secondary N) is 3. The zero-order valence-corrected chi connectivity index (χ0v) is 22.1. The van der Waals surface area contributed by atoms with Gasteiger partial charge in [-0.1, -0.05) is 35.3 Å². The molecule has 3 N–H and O–H groups in total. The van der Waals surface area contributed by atoms with E-state index in [1.807, 2.05) is 0 Å². The molecular formula is C29H20Cl2N4O5. The van der Waals surface area contributed by atoms with Gasteiger partial charge in [0.1, 0.15) is 5.75 Å². The topological polar surface area (TPSA) is 126 Å². The monoisotopic (exact) mass is 574 g/mol. The van der Waals surface area contributed by atoms with Crippen molar-refractivity contribution in [2.75, 3.05) is 10.6 Å². The average molecular weight is 575 g/mol. The number of rotatable bonds is 7. The lowest BCUT2D eigenvalue weighted by atomic mass is 10.1. The number of hydrogen-bond acceptors (Lipinski definition) is 6. The Kier molecular flexibility index (Phi) is 9.24. The third-order valence-electron chi connectivity index (χ3n) is 5.28. The molecule has 4 rings (SSSR count). The van der Waals surface area contributed by atoms with E-state index in [9.17, 15) is 19.2 Å². The summed E-state index contributed by atoms with van der Waals surface area (Å²) in [6.45, 7) is 0. The van der Waals surface area contributed by atoms with Crippen LogP contribution in [0.15, 0.2) is 102 Å². The molecule has 40 heavy (non-hydrogen) atoms. The van der Waals surface area contributed by atoms with Crippen LogP contribution in [0.2, 0.25) is 10.0 Å². The summed E-state index contributed by atoms with van der Waals surface area (Å²) in [5, 5.41) is 9.92. The number of nitrogens with zero attached hydrogens (tertiary/aromatic N) is 1. The number of amides is 3. The summed E-state index contributed by atoms with van der Waals surface area (Å²) in [7, 11) is 0. The summed E-state index contributed by atoms with van der Waals surface area (Å²) in [5.74, 6) is -2.79. The van der Waals surface area contributed by atoms with E-state index in [1.54, 1.807) is 84.9 Å². The molecule has 0 heterocycles. The molecule has 0 aliphatic heterocycles. The predicted octanol–water partition coefficient (Wildman–Crippen LogP) is 5.55. The molecule has 0 spiro atoms. The molecule has 200 valence electrons. The van der Waals surface area contributed by atoms with Crippen molar-refractivity contribution in [2.24, 2.45) is 5.10 Å². The molecule has 0 aliphatic rings. The maximum absolute atomic E-state index is 12.7. The summed E-state index contributed by atoms with van der Waals surface area (Å²) in [6, 6.07) is 25.4. The number of ether oxygens (including phenoxy) is 1. The van der Waals surface area contributed by atoms with Gasteiger partial charge in [-0.05, 0) is 90.5 Å². The van der Waals surface area contributed by atoms with Crippen molar-refractivity contribution in [3.8, 4) is 5.75 Å². The van der Waals surface area contributed by atoms with Crippen LogP contribution in [-0.4, -0.2) is 29.9 Å². The molecule has 0 unspecified atom stereocenters. The largest absolute Gasteiger partial charge is 0.423 e. The molecule has 0 aliphatic carbocycles. The van der Waals surface area contributed by atoms with Gasteiger partial charge >= 0.3 is 17.8 Å².